The molecule has 0 fully saturated rings. The van der Waals surface area contributed by atoms with Crippen molar-refractivity contribution in [1.82, 2.24) is 10.3 Å². The molecule has 1 atom stereocenters. The summed E-state index contributed by atoms with van der Waals surface area (Å²) in [5.41, 5.74) is 2.06. The average molecular weight is 588 g/mol. The number of ether oxygens (including phenoxy) is 1. The van der Waals surface area contributed by atoms with Crippen molar-refractivity contribution in [3.8, 4) is 5.88 Å². The van der Waals surface area contributed by atoms with Gasteiger partial charge in [0.2, 0.25) is 5.88 Å². The van der Waals surface area contributed by atoms with Crippen LogP contribution in [0.2, 0.25) is 10.0 Å². The molecule has 1 unspecified atom stereocenters. The Morgan fingerprint density at radius 3 is 2.40 bits per heavy atom. The summed E-state index contributed by atoms with van der Waals surface area (Å²) < 4.78 is 46.8. The molecule has 10 heteroatoms. The van der Waals surface area contributed by atoms with Crippen LogP contribution in [0.3, 0.4) is 0 Å². The minimum Gasteiger partial charge on any atom is -0.481 e. The van der Waals surface area contributed by atoms with Gasteiger partial charge in [-0.15, -0.1) is 0 Å². The zero-order chi connectivity index (χ0) is 25.8. The van der Waals surface area contributed by atoms with Crippen molar-refractivity contribution < 1.29 is 22.7 Å². The molecular formula is C25H20BrCl2F3N2O2. The number of rotatable bonds is 7. The second kappa shape index (κ2) is 11.5. The van der Waals surface area contributed by atoms with Crippen molar-refractivity contribution in [1.29, 1.82) is 0 Å². The molecule has 2 aromatic carbocycles. The van der Waals surface area contributed by atoms with E-state index in [1.807, 2.05) is 0 Å². The van der Waals surface area contributed by atoms with Crippen LogP contribution >= 0.6 is 39.1 Å². The summed E-state index contributed by atoms with van der Waals surface area (Å²) in [6.45, 7) is 1.88. The van der Waals surface area contributed by atoms with Gasteiger partial charge >= 0.3 is 6.18 Å². The summed E-state index contributed by atoms with van der Waals surface area (Å²) in [6, 6.07) is 10.7. The van der Waals surface area contributed by atoms with Crippen LogP contribution in [0.4, 0.5) is 13.2 Å². The number of benzene rings is 2. The lowest BCUT2D eigenvalue weighted by Crippen LogP contribution is -2.23. The van der Waals surface area contributed by atoms with E-state index in [2.05, 4.69) is 26.2 Å². The largest absolute Gasteiger partial charge is 0.481 e. The van der Waals surface area contributed by atoms with E-state index in [4.69, 9.17) is 27.9 Å². The normalized spacial score (nSPS) is 12.6. The smallest absolute Gasteiger partial charge is 0.399 e. The van der Waals surface area contributed by atoms with Gasteiger partial charge in [0.25, 0.3) is 5.91 Å². The third kappa shape index (κ3) is 6.99. The van der Waals surface area contributed by atoms with Gasteiger partial charge in [-0.25, -0.2) is 4.98 Å². The van der Waals surface area contributed by atoms with Crippen molar-refractivity contribution in [2.75, 3.05) is 7.11 Å². The number of hydrogen-bond acceptors (Lipinski definition) is 3. The highest BCUT2D eigenvalue weighted by Crippen LogP contribution is 2.39. The predicted molar refractivity (Wildman–Crippen MR) is 135 cm³/mol. The van der Waals surface area contributed by atoms with Gasteiger partial charge in [-0.05, 0) is 69.4 Å². The van der Waals surface area contributed by atoms with E-state index in [0.717, 1.165) is 11.6 Å². The third-order valence-electron chi connectivity index (χ3n) is 5.19. The number of amides is 1. The molecule has 0 aliphatic rings. The van der Waals surface area contributed by atoms with Gasteiger partial charge < -0.3 is 10.1 Å². The molecular weight excluding hydrogens is 568 g/mol. The Morgan fingerprint density at radius 2 is 1.86 bits per heavy atom. The Bertz CT molecular complexity index is 1230. The highest BCUT2D eigenvalue weighted by Gasteiger charge is 2.39. The summed E-state index contributed by atoms with van der Waals surface area (Å²) in [5, 5.41) is 3.11. The number of methoxy groups -OCH3 is 1. The van der Waals surface area contributed by atoms with Gasteiger partial charge in [0, 0.05) is 33.3 Å². The van der Waals surface area contributed by atoms with Gasteiger partial charge in [-0.1, -0.05) is 47.5 Å². The van der Waals surface area contributed by atoms with Gasteiger partial charge in [0.15, 0.2) is 0 Å². The van der Waals surface area contributed by atoms with E-state index < -0.39 is 12.1 Å². The van der Waals surface area contributed by atoms with E-state index in [-0.39, 0.29) is 28.1 Å². The Kier molecular flexibility index (Phi) is 8.85. The molecule has 3 aromatic rings. The van der Waals surface area contributed by atoms with Crippen LogP contribution in [0.25, 0.3) is 6.08 Å². The number of nitrogens with zero attached hydrogens (tertiary/aromatic N) is 1. The van der Waals surface area contributed by atoms with E-state index in [0.29, 0.717) is 27.0 Å². The molecule has 0 aliphatic carbocycles. The number of halogens is 6. The molecule has 0 bridgehead atoms. The van der Waals surface area contributed by atoms with Crippen LogP contribution in [-0.4, -0.2) is 24.2 Å². The molecule has 0 saturated heterocycles. The second-order valence-corrected chi connectivity index (χ2v) is 9.29. The van der Waals surface area contributed by atoms with Crippen LogP contribution in [0, 0.1) is 6.92 Å². The number of allylic oxidation sites excluding steroid dienone is 1. The maximum atomic E-state index is 13.8. The number of pyridine rings is 1. The quantitative estimate of drug-likeness (QED) is 0.307. The minimum absolute atomic E-state index is 0.0579. The van der Waals surface area contributed by atoms with Crippen LogP contribution in [0.1, 0.15) is 38.5 Å². The standard InChI is InChI=1S/C25H20BrCl2F3N2O2/c1-14-21(27)10-17(11-22(14)28)19(25(29,30)31)7-4-15-3-6-18(20(26)9-15)24(34)33-13-16-5-8-23(35-2)32-12-16/h3-12,19H,13H2,1-2H3,(H,33,34)/b7-4+. The van der Waals surface area contributed by atoms with Gasteiger partial charge in [-0.3, -0.25) is 4.79 Å². The molecule has 4 nitrogen and oxygen atoms in total. The highest BCUT2D eigenvalue weighted by atomic mass is 79.9. The number of carbonyl (C=O) groups excluding carboxylic acids is 1. The third-order valence-corrected chi connectivity index (χ3v) is 6.63. The second-order valence-electron chi connectivity index (χ2n) is 7.62. The molecule has 0 spiro atoms. The first kappa shape index (κ1) is 27.0. The van der Waals surface area contributed by atoms with Crippen LogP contribution in [-0.2, 0) is 6.54 Å². The van der Waals surface area contributed by atoms with Crippen LogP contribution in [0.15, 0.2) is 59.2 Å². The summed E-state index contributed by atoms with van der Waals surface area (Å²) >= 11 is 15.4. The van der Waals surface area contributed by atoms with Crippen LogP contribution in [0.5, 0.6) is 5.88 Å². The number of aromatic nitrogens is 1. The number of carbonyl (C=O) groups is 1. The van der Waals surface area contributed by atoms with Crippen molar-refractivity contribution >= 4 is 51.1 Å². The first-order valence-corrected chi connectivity index (χ1v) is 11.8. The van der Waals surface area contributed by atoms with Gasteiger partial charge in [-0.2, -0.15) is 13.2 Å². The molecule has 1 heterocycles. The summed E-state index contributed by atoms with van der Waals surface area (Å²) in [5.74, 6) is -1.79. The molecule has 35 heavy (non-hydrogen) atoms. The fourth-order valence-corrected chi connectivity index (χ4v) is 4.27. The van der Waals surface area contributed by atoms with E-state index >= 15 is 0 Å². The number of nitrogens with one attached hydrogen (secondary N) is 1. The van der Waals surface area contributed by atoms with Gasteiger partial charge in [0.05, 0.1) is 18.6 Å². The lowest BCUT2D eigenvalue weighted by atomic mass is 9.96. The molecule has 3 rings (SSSR count). The predicted octanol–water partition coefficient (Wildman–Crippen LogP) is 7.76. The fourth-order valence-electron chi connectivity index (χ4n) is 3.19. The fraction of sp³-hybridized carbons (Fsp3) is 0.200. The maximum Gasteiger partial charge on any atom is 0.399 e. The van der Waals surface area contributed by atoms with E-state index in [1.165, 1.54) is 31.4 Å². The molecule has 0 saturated carbocycles. The van der Waals surface area contributed by atoms with Gasteiger partial charge in [0.1, 0.15) is 0 Å². The van der Waals surface area contributed by atoms with Crippen molar-refractivity contribution in [3.05, 3.63) is 97.1 Å². The molecule has 1 N–H and O–H groups in total. The van der Waals surface area contributed by atoms with Crippen LogP contribution < -0.4 is 10.1 Å². The number of hydrogen-bond donors (Lipinski definition) is 1. The van der Waals surface area contributed by atoms with Crippen molar-refractivity contribution in [2.24, 2.45) is 0 Å². The topological polar surface area (TPSA) is 51.2 Å². The zero-order valence-electron chi connectivity index (χ0n) is 18.6. The molecule has 1 amide bonds. The SMILES string of the molecule is COc1ccc(CNC(=O)c2ccc(/C=C/C(c3cc(Cl)c(C)c(Cl)c3)C(F)(F)F)cc2Br)cn1. The van der Waals surface area contributed by atoms with E-state index in [1.54, 1.807) is 37.4 Å². The summed E-state index contributed by atoms with van der Waals surface area (Å²) in [7, 11) is 1.51. The minimum atomic E-state index is -4.55. The Labute approximate surface area is 219 Å². The highest BCUT2D eigenvalue weighted by molar-refractivity contribution is 9.10. The monoisotopic (exact) mass is 586 g/mol. The Morgan fingerprint density at radius 1 is 1.17 bits per heavy atom. The first-order valence-electron chi connectivity index (χ1n) is 10.3. The molecule has 0 aliphatic heterocycles. The summed E-state index contributed by atoms with van der Waals surface area (Å²) in [4.78, 5) is 16.6. The van der Waals surface area contributed by atoms with Crippen molar-refractivity contribution in [2.45, 2.75) is 25.6 Å². The number of alkyl halides is 3. The lowest BCUT2D eigenvalue weighted by molar-refractivity contribution is -0.139. The summed E-state index contributed by atoms with van der Waals surface area (Å²) in [6.07, 6.45) is -0.579. The molecule has 0 radical (unpaired) electrons. The molecule has 184 valence electrons. The van der Waals surface area contributed by atoms with E-state index in [9.17, 15) is 18.0 Å². The zero-order valence-corrected chi connectivity index (χ0v) is 21.7. The molecule has 1 aromatic heterocycles. The maximum absolute atomic E-state index is 13.8. The Balaban J connectivity index is 1.76. The Hall–Kier alpha value is -2.55. The average Bonchev–Trinajstić information content (AvgIpc) is 2.80. The van der Waals surface area contributed by atoms with Crippen molar-refractivity contribution in [3.63, 3.8) is 0 Å². The first-order chi connectivity index (χ1) is 16.5. The lowest BCUT2D eigenvalue weighted by Gasteiger charge is -2.19.